The van der Waals surface area contributed by atoms with Crippen molar-refractivity contribution < 1.29 is 34.1 Å². The number of rotatable bonds is 18. The molecule has 1 aliphatic rings. The highest BCUT2D eigenvalue weighted by Gasteiger charge is 2.32. The average molecular weight is 774 g/mol. The number of nitrogens with one attached hydrogen (secondary N) is 2. The van der Waals surface area contributed by atoms with Gasteiger partial charge in [-0.1, -0.05) is 109 Å². The molecule has 0 aliphatic carbocycles. The minimum atomic E-state index is -0.553. The molecule has 0 aromatic heterocycles. The summed E-state index contributed by atoms with van der Waals surface area (Å²) >= 11 is 1.48. The molecule has 4 unspecified atom stereocenters. The van der Waals surface area contributed by atoms with Gasteiger partial charge in [-0.15, -0.1) is 6.58 Å². The van der Waals surface area contributed by atoms with Gasteiger partial charge in [-0.2, -0.15) is 0 Å². The Kier molecular flexibility index (Phi) is 21.1. The van der Waals surface area contributed by atoms with Gasteiger partial charge < -0.3 is 24.6 Å². The summed E-state index contributed by atoms with van der Waals surface area (Å²) in [4.78, 5) is 28.6. The van der Waals surface area contributed by atoms with Gasteiger partial charge in [0.1, 0.15) is 6.61 Å². The standard InChI is InChI=1S/C41H53N3O7S.C3H6/c1-4-5-12-30(3)42-41(49-27-32-13-10-11-29(2)24-32)52-28-40-50-36(33-18-16-31(26-45)17-19-33)25-37(51-40)34-20-22-35(23-21-34)43-38(46)14-8-6-7-9-15-39(47)44-48;1-3-2/h4-5,10-11,13,16-24,30,36-37,40,45,48H,6-9,12,14-15,25-28H2,1-3H3,(H,43,46)(H,44,47);3H,1H2,2H3/b5-4-,42-41?;. The van der Waals surface area contributed by atoms with E-state index in [0.717, 1.165) is 47.9 Å². The quantitative estimate of drug-likeness (QED) is 0.0250. The number of allylic oxidation sites excluding steroid dienone is 2. The first-order valence-corrected chi connectivity index (χ1v) is 20.1. The number of aliphatic imine (C=N–C) groups is 1. The summed E-state index contributed by atoms with van der Waals surface area (Å²) in [6.45, 7) is 11.8. The zero-order valence-electron chi connectivity index (χ0n) is 32.7. The molecule has 4 N–H and O–H groups in total. The van der Waals surface area contributed by atoms with Crippen LogP contribution in [0.5, 0.6) is 0 Å². The minimum Gasteiger partial charge on any atom is -0.468 e. The third-order valence-electron chi connectivity index (χ3n) is 8.67. The van der Waals surface area contributed by atoms with Crippen molar-refractivity contribution in [2.45, 2.75) is 117 Å². The Bertz CT molecular complexity index is 1650. The fraction of sp³-hybridized carbons (Fsp3) is 0.432. The van der Waals surface area contributed by atoms with Gasteiger partial charge in [-0.3, -0.25) is 14.8 Å². The second kappa shape index (κ2) is 25.8. The number of aliphatic hydroxyl groups excluding tert-OH is 1. The average Bonchev–Trinajstić information content (AvgIpc) is 3.19. The van der Waals surface area contributed by atoms with Crippen LogP contribution in [0.25, 0.3) is 0 Å². The van der Waals surface area contributed by atoms with Crippen molar-refractivity contribution in [3.8, 4) is 0 Å². The number of benzene rings is 3. The molecule has 4 rings (SSSR count). The highest BCUT2D eigenvalue weighted by Crippen LogP contribution is 2.40. The van der Waals surface area contributed by atoms with Crippen LogP contribution in [-0.4, -0.2) is 45.4 Å². The zero-order valence-corrected chi connectivity index (χ0v) is 33.6. The predicted molar refractivity (Wildman–Crippen MR) is 222 cm³/mol. The van der Waals surface area contributed by atoms with Crippen LogP contribution in [0.1, 0.15) is 112 Å². The molecule has 1 saturated heterocycles. The summed E-state index contributed by atoms with van der Waals surface area (Å²) in [6, 6.07) is 23.9. The van der Waals surface area contributed by atoms with Crippen molar-refractivity contribution in [2.24, 2.45) is 4.99 Å². The van der Waals surface area contributed by atoms with Crippen LogP contribution in [0, 0.1) is 6.92 Å². The van der Waals surface area contributed by atoms with Crippen LogP contribution in [0.15, 0.2) is 103 Å². The Balaban J connectivity index is 0.00000262. The molecule has 0 spiro atoms. The minimum absolute atomic E-state index is 0.0255. The van der Waals surface area contributed by atoms with Crippen LogP contribution in [0.4, 0.5) is 5.69 Å². The number of aliphatic hydroxyl groups is 1. The lowest BCUT2D eigenvalue weighted by Crippen LogP contribution is -2.32. The summed E-state index contributed by atoms with van der Waals surface area (Å²) in [6.07, 6.45) is 9.93. The third kappa shape index (κ3) is 17.4. The fourth-order valence-corrected chi connectivity index (χ4v) is 6.64. The Morgan fingerprint density at radius 1 is 0.945 bits per heavy atom. The van der Waals surface area contributed by atoms with Crippen LogP contribution in [0.3, 0.4) is 0 Å². The maximum Gasteiger partial charge on any atom is 0.246 e. The summed E-state index contributed by atoms with van der Waals surface area (Å²) in [5.74, 6) is 0.0133. The molecule has 2 amide bonds. The second-order valence-corrected chi connectivity index (χ2v) is 14.5. The topological polar surface area (TPSA) is 139 Å². The highest BCUT2D eigenvalue weighted by atomic mass is 32.2. The van der Waals surface area contributed by atoms with Crippen LogP contribution < -0.4 is 10.8 Å². The van der Waals surface area contributed by atoms with E-state index in [1.165, 1.54) is 17.3 Å². The lowest BCUT2D eigenvalue weighted by Gasteiger charge is -2.36. The molecular formula is C44H59N3O7S. The molecule has 55 heavy (non-hydrogen) atoms. The van der Waals surface area contributed by atoms with E-state index in [9.17, 15) is 14.7 Å². The normalized spacial score (nSPS) is 17.5. The van der Waals surface area contributed by atoms with Gasteiger partial charge in [-0.25, -0.2) is 10.5 Å². The van der Waals surface area contributed by atoms with E-state index in [4.69, 9.17) is 24.4 Å². The van der Waals surface area contributed by atoms with Gasteiger partial charge >= 0.3 is 0 Å². The first-order chi connectivity index (χ1) is 26.7. The van der Waals surface area contributed by atoms with E-state index in [-0.39, 0.29) is 37.2 Å². The number of amides is 2. The summed E-state index contributed by atoms with van der Waals surface area (Å²) in [7, 11) is 0. The maximum atomic E-state index is 12.6. The molecule has 1 fully saturated rings. The number of aryl methyl sites for hydroxylation is 1. The molecule has 1 heterocycles. The Hall–Kier alpha value is -4.26. The Labute approximate surface area is 331 Å². The number of hydrogen-bond donors (Lipinski definition) is 4. The van der Waals surface area contributed by atoms with Crippen molar-refractivity contribution in [3.05, 3.63) is 125 Å². The predicted octanol–water partition coefficient (Wildman–Crippen LogP) is 9.67. The monoisotopic (exact) mass is 773 g/mol. The number of hydroxylamine groups is 1. The number of thioether (sulfide) groups is 1. The summed E-state index contributed by atoms with van der Waals surface area (Å²) in [5.41, 5.74) is 7.41. The van der Waals surface area contributed by atoms with Crippen LogP contribution in [-0.2, 0) is 37.0 Å². The second-order valence-electron chi connectivity index (χ2n) is 13.5. The van der Waals surface area contributed by atoms with Gasteiger partial charge in [0, 0.05) is 24.9 Å². The van der Waals surface area contributed by atoms with Gasteiger partial charge in [-0.05, 0) is 81.3 Å². The zero-order chi connectivity index (χ0) is 39.8. The van der Waals surface area contributed by atoms with E-state index in [2.05, 4.69) is 44.0 Å². The van der Waals surface area contributed by atoms with Gasteiger partial charge in [0.15, 0.2) is 6.29 Å². The highest BCUT2D eigenvalue weighted by molar-refractivity contribution is 8.13. The van der Waals surface area contributed by atoms with E-state index >= 15 is 0 Å². The first-order valence-electron chi connectivity index (χ1n) is 19.1. The van der Waals surface area contributed by atoms with Crippen molar-refractivity contribution in [2.75, 3.05) is 11.1 Å². The molecule has 11 heteroatoms. The van der Waals surface area contributed by atoms with Crippen molar-refractivity contribution >= 4 is 34.5 Å². The van der Waals surface area contributed by atoms with E-state index < -0.39 is 12.2 Å². The van der Waals surface area contributed by atoms with Crippen molar-refractivity contribution in [3.63, 3.8) is 0 Å². The molecule has 3 aromatic carbocycles. The van der Waals surface area contributed by atoms with E-state index in [0.29, 0.717) is 42.5 Å². The molecule has 0 saturated carbocycles. The van der Waals surface area contributed by atoms with Crippen molar-refractivity contribution in [1.82, 2.24) is 5.48 Å². The van der Waals surface area contributed by atoms with E-state index in [1.54, 1.807) is 11.6 Å². The number of carbonyl (C=O) groups is 2. The molecule has 10 nitrogen and oxygen atoms in total. The Morgan fingerprint density at radius 2 is 1.56 bits per heavy atom. The molecule has 0 radical (unpaired) electrons. The lowest BCUT2D eigenvalue weighted by atomic mass is 9.96. The first kappa shape index (κ1) is 45.1. The van der Waals surface area contributed by atoms with Gasteiger partial charge in [0.2, 0.25) is 17.0 Å². The number of ether oxygens (including phenoxy) is 3. The SMILES string of the molecule is C/C=C\CC(C)N=C(OCc1cccc(C)c1)SCC1OC(c2ccc(CO)cc2)CC(c2ccc(NC(=O)CCCCCCC(=O)NO)cc2)O1.C=CC. The number of anilines is 1. The smallest absolute Gasteiger partial charge is 0.246 e. The number of unbranched alkanes of at least 4 members (excludes halogenated alkanes) is 3. The molecule has 3 aromatic rings. The Morgan fingerprint density at radius 3 is 2.15 bits per heavy atom. The maximum absolute atomic E-state index is 12.6. The number of carbonyl (C=O) groups excluding carboxylic acids is 2. The van der Waals surface area contributed by atoms with Gasteiger partial charge in [0.25, 0.3) is 0 Å². The largest absolute Gasteiger partial charge is 0.468 e. The molecule has 1 aliphatic heterocycles. The molecule has 298 valence electrons. The number of hydrogen-bond acceptors (Lipinski definition) is 9. The molecule has 4 atom stereocenters. The van der Waals surface area contributed by atoms with Crippen molar-refractivity contribution in [1.29, 1.82) is 0 Å². The summed E-state index contributed by atoms with van der Waals surface area (Å²) in [5, 5.41) is 21.7. The number of nitrogens with zero attached hydrogens (tertiary/aromatic N) is 1. The van der Waals surface area contributed by atoms with Crippen LogP contribution >= 0.6 is 11.8 Å². The fourth-order valence-electron chi connectivity index (χ4n) is 5.80. The lowest BCUT2D eigenvalue weighted by molar-refractivity contribution is -0.236. The molecule has 0 bridgehead atoms. The van der Waals surface area contributed by atoms with Crippen LogP contribution in [0.2, 0.25) is 0 Å². The van der Waals surface area contributed by atoms with Gasteiger partial charge in [0.05, 0.1) is 30.6 Å². The van der Waals surface area contributed by atoms with E-state index in [1.807, 2.05) is 80.6 Å². The summed E-state index contributed by atoms with van der Waals surface area (Å²) < 4.78 is 19.4. The third-order valence-corrected chi connectivity index (χ3v) is 9.58. The molecular weight excluding hydrogens is 715 g/mol.